The van der Waals surface area contributed by atoms with E-state index in [1.807, 2.05) is 0 Å². The van der Waals surface area contributed by atoms with Gasteiger partial charge in [0.15, 0.2) is 0 Å². The van der Waals surface area contributed by atoms with Crippen LogP contribution in [0, 0.1) is 0 Å². The zero-order chi connectivity index (χ0) is 15.7. The number of aliphatic hydroxyl groups is 1. The predicted octanol–water partition coefficient (Wildman–Crippen LogP) is 1.65. The first-order valence-electron chi connectivity index (χ1n) is 6.67. The van der Waals surface area contributed by atoms with Gasteiger partial charge >= 0.3 is 0 Å². The van der Waals surface area contributed by atoms with Gasteiger partial charge in [0.25, 0.3) is 6.43 Å². The number of halogens is 2. The van der Waals surface area contributed by atoms with E-state index >= 15 is 0 Å². The first-order chi connectivity index (χ1) is 10.0. The van der Waals surface area contributed by atoms with Crippen LogP contribution in [0.4, 0.5) is 8.78 Å². The van der Waals surface area contributed by atoms with Crippen LogP contribution in [-0.2, 0) is 0 Å². The molecular weight excluding hydrogens is 298 g/mol. The van der Waals surface area contributed by atoms with Crippen molar-refractivity contribution in [3.05, 3.63) is 29.8 Å². The van der Waals surface area contributed by atoms with Crippen molar-refractivity contribution in [2.45, 2.75) is 12.8 Å². The van der Waals surface area contributed by atoms with Gasteiger partial charge in [-0.3, -0.25) is 4.90 Å². The van der Waals surface area contributed by atoms with Gasteiger partial charge in [-0.1, -0.05) is 24.4 Å². The Bertz CT molecular complexity index is 447. The summed E-state index contributed by atoms with van der Waals surface area (Å²) in [5.41, 5.74) is 6.26. The molecule has 0 saturated heterocycles. The Balaban J connectivity index is 2.35. The fourth-order valence-corrected chi connectivity index (χ4v) is 1.98. The van der Waals surface area contributed by atoms with Crippen LogP contribution in [0.2, 0.25) is 0 Å². The van der Waals surface area contributed by atoms with E-state index in [1.54, 1.807) is 24.3 Å². The van der Waals surface area contributed by atoms with Crippen molar-refractivity contribution < 1.29 is 18.6 Å². The normalized spacial score (nSPS) is 11.1. The Labute approximate surface area is 128 Å². The average Bonchev–Trinajstić information content (AvgIpc) is 2.43. The van der Waals surface area contributed by atoms with Crippen molar-refractivity contribution in [1.82, 2.24) is 4.90 Å². The van der Waals surface area contributed by atoms with Crippen molar-refractivity contribution in [3.63, 3.8) is 0 Å². The minimum atomic E-state index is -2.40. The largest absolute Gasteiger partial charge is 0.494 e. The molecule has 1 aromatic carbocycles. The average molecular weight is 318 g/mol. The van der Waals surface area contributed by atoms with Crippen LogP contribution in [0.5, 0.6) is 5.75 Å². The number of hydrogen-bond donors (Lipinski definition) is 2. The Hall–Kier alpha value is -1.31. The number of rotatable bonds is 10. The summed E-state index contributed by atoms with van der Waals surface area (Å²) in [6, 6.07) is 7.11. The second kappa shape index (κ2) is 9.59. The third-order valence-electron chi connectivity index (χ3n) is 2.82. The van der Waals surface area contributed by atoms with Crippen LogP contribution in [0.25, 0.3) is 0 Å². The number of alkyl halides is 2. The number of hydrogen-bond acceptors (Lipinski definition) is 4. The number of nitrogens with two attached hydrogens (primary N) is 1. The number of thiocarbonyl (C=S) groups is 1. The molecule has 0 fully saturated rings. The molecule has 1 aromatic rings. The highest BCUT2D eigenvalue weighted by atomic mass is 32.1. The molecule has 4 nitrogen and oxygen atoms in total. The molecule has 0 atom stereocenters. The van der Waals surface area contributed by atoms with Crippen molar-refractivity contribution in [2.75, 3.05) is 32.8 Å². The summed E-state index contributed by atoms with van der Waals surface area (Å²) in [5.74, 6) is 0.642. The van der Waals surface area contributed by atoms with E-state index in [0.717, 1.165) is 5.56 Å². The van der Waals surface area contributed by atoms with E-state index in [0.29, 0.717) is 30.3 Å². The molecule has 0 aliphatic carbocycles. The molecule has 0 spiro atoms. The molecule has 0 heterocycles. The molecule has 0 aliphatic rings. The van der Waals surface area contributed by atoms with Crippen LogP contribution in [0.3, 0.4) is 0 Å². The Kier molecular flexibility index (Phi) is 8.11. The van der Waals surface area contributed by atoms with Crippen LogP contribution in [0.15, 0.2) is 24.3 Å². The Morgan fingerprint density at radius 1 is 1.38 bits per heavy atom. The van der Waals surface area contributed by atoms with E-state index in [1.165, 1.54) is 4.90 Å². The lowest BCUT2D eigenvalue weighted by molar-refractivity contribution is 0.0754. The van der Waals surface area contributed by atoms with Gasteiger partial charge in [0, 0.05) is 18.7 Å². The summed E-state index contributed by atoms with van der Waals surface area (Å²) < 4.78 is 30.2. The lowest BCUT2D eigenvalue weighted by Crippen LogP contribution is -2.33. The maximum atomic E-state index is 12.3. The van der Waals surface area contributed by atoms with Gasteiger partial charge in [0.1, 0.15) is 10.7 Å². The smallest absolute Gasteiger partial charge is 0.251 e. The summed E-state index contributed by atoms with van der Waals surface area (Å²) in [5, 5.41) is 8.82. The molecule has 21 heavy (non-hydrogen) atoms. The van der Waals surface area contributed by atoms with E-state index < -0.39 is 6.43 Å². The second-order valence-corrected chi connectivity index (χ2v) is 4.95. The van der Waals surface area contributed by atoms with Gasteiger partial charge in [0.2, 0.25) is 0 Å². The fourth-order valence-electron chi connectivity index (χ4n) is 1.85. The number of benzene rings is 1. The van der Waals surface area contributed by atoms with Gasteiger partial charge in [-0.2, -0.15) is 0 Å². The predicted molar refractivity (Wildman–Crippen MR) is 82.0 cm³/mol. The molecular formula is C14H20F2N2O2S. The molecule has 0 aliphatic heterocycles. The van der Waals surface area contributed by atoms with Gasteiger partial charge < -0.3 is 15.6 Å². The molecule has 0 radical (unpaired) electrons. The van der Waals surface area contributed by atoms with E-state index in [9.17, 15) is 8.78 Å². The van der Waals surface area contributed by atoms with Crippen molar-refractivity contribution >= 4 is 17.2 Å². The van der Waals surface area contributed by atoms with Crippen LogP contribution in [-0.4, -0.2) is 54.3 Å². The molecule has 0 saturated carbocycles. The van der Waals surface area contributed by atoms with Gasteiger partial charge in [0.05, 0.1) is 19.8 Å². The first kappa shape index (κ1) is 17.7. The maximum absolute atomic E-state index is 12.3. The van der Waals surface area contributed by atoms with Crippen LogP contribution < -0.4 is 10.5 Å². The molecule has 0 amide bonds. The minimum Gasteiger partial charge on any atom is -0.494 e. The third-order valence-corrected chi connectivity index (χ3v) is 3.05. The van der Waals surface area contributed by atoms with Gasteiger partial charge in [-0.25, -0.2) is 8.78 Å². The van der Waals surface area contributed by atoms with Crippen molar-refractivity contribution in [3.8, 4) is 5.75 Å². The molecule has 1 rings (SSSR count). The summed E-state index contributed by atoms with van der Waals surface area (Å²) in [4.78, 5) is 1.81. The van der Waals surface area contributed by atoms with E-state index in [-0.39, 0.29) is 19.7 Å². The van der Waals surface area contributed by atoms with Gasteiger partial charge in [-0.05, 0) is 18.6 Å². The number of nitrogens with zero attached hydrogens (tertiary/aromatic N) is 1. The first-order valence-corrected chi connectivity index (χ1v) is 7.07. The lowest BCUT2D eigenvalue weighted by Gasteiger charge is -2.20. The Morgan fingerprint density at radius 3 is 2.76 bits per heavy atom. The van der Waals surface area contributed by atoms with E-state index in [2.05, 4.69) is 0 Å². The summed E-state index contributed by atoms with van der Waals surface area (Å²) in [6.07, 6.45) is -1.82. The SMILES string of the molecule is NC(=S)c1cccc(OCCCN(CCO)CC(F)F)c1. The highest BCUT2D eigenvalue weighted by Gasteiger charge is 2.11. The van der Waals surface area contributed by atoms with E-state index in [4.69, 9.17) is 27.8 Å². The fraction of sp³-hybridized carbons (Fsp3) is 0.500. The summed E-state index contributed by atoms with van der Waals surface area (Å²) in [7, 11) is 0. The summed E-state index contributed by atoms with van der Waals surface area (Å²) in [6.45, 7) is 0.605. The topological polar surface area (TPSA) is 58.7 Å². The zero-order valence-corrected chi connectivity index (χ0v) is 12.5. The molecule has 118 valence electrons. The maximum Gasteiger partial charge on any atom is 0.251 e. The number of aliphatic hydroxyl groups excluding tert-OH is 1. The number of ether oxygens (including phenoxy) is 1. The molecule has 0 bridgehead atoms. The molecule has 7 heteroatoms. The third kappa shape index (κ3) is 7.31. The van der Waals surface area contributed by atoms with Crippen molar-refractivity contribution in [2.24, 2.45) is 5.73 Å². The second-order valence-electron chi connectivity index (χ2n) is 4.51. The standard InChI is InChI=1S/C14H20F2N2O2S/c15-13(16)10-18(6-7-19)5-2-8-20-12-4-1-3-11(9-12)14(17)21/h1,3-4,9,13,19H,2,5-8,10H2,(H2,17,21). The lowest BCUT2D eigenvalue weighted by atomic mass is 10.2. The Morgan fingerprint density at radius 2 is 2.14 bits per heavy atom. The quantitative estimate of drug-likeness (QED) is 0.507. The van der Waals surface area contributed by atoms with Crippen LogP contribution >= 0.6 is 12.2 Å². The minimum absolute atomic E-state index is 0.135. The zero-order valence-electron chi connectivity index (χ0n) is 11.7. The molecule has 0 aromatic heterocycles. The highest BCUT2D eigenvalue weighted by molar-refractivity contribution is 7.80. The van der Waals surface area contributed by atoms with Crippen molar-refractivity contribution in [1.29, 1.82) is 0 Å². The molecule has 0 unspecified atom stereocenters. The summed E-state index contributed by atoms with van der Waals surface area (Å²) >= 11 is 4.88. The monoisotopic (exact) mass is 318 g/mol. The molecule has 3 N–H and O–H groups in total. The van der Waals surface area contributed by atoms with Gasteiger partial charge in [-0.15, -0.1) is 0 Å². The highest BCUT2D eigenvalue weighted by Crippen LogP contribution is 2.13. The van der Waals surface area contributed by atoms with Crippen LogP contribution in [0.1, 0.15) is 12.0 Å².